The number of aromatic nitrogens is 2. The number of carbonyl (C=O) groups excluding carboxylic acids is 1. The van der Waals surface area contributed by atoms with Crippen LogP contribution in [0.4, 0.5) is 5.13 Å². The number of hydrogen-bond acceptors (Lipinski definition) is 6. The van der Waals surface area contributed by atoms with Crippen LogP contribution in [0.25, 0.3) is 0 Å². The van der Waals surface area contributed by atoms with Crippen molar-refractivity contribution >= 4 is 38.3 Å². The molecular weight excluding hydrogens is 394 g/mol. The average Bonchev–Trinajstić information content (AvgIpc) is 3.33. The van der Waals surface area contributed by atoms with Crippen LogP contribution in [0.5, 0.6) is 11.5 Å². The van der Waals surface area contributed by atoms with Crippen LogP contribution in [-0.2, 0) is 0 Å². The minimum absolute atomic E-state index is 0.255. The molecule has 1 amide bonds. The molecule has 0 saturated heterocycles. The molecule has 1 aliphatic carbocycles. The van der Waals surface area contributed by atoms with E-state index < -0.39 is 0 Å². The summed E-state index contributed by atoms with van der Waals surface area (Å²) in [6.07, 6.45) is 3.20. The van der Waals surface area contributed by atoms with Gasteiger partial charge in [0.15, 0.2) is 11.5 Å². The van der Waals surface area contributed by atoms with Crippen molar-refractivity contribution in [2.24, 2.45) is 0 Å². The summed E-state index contributed by atoms with van der Waals surface area (Å²) in [5.41, 5.74) is 0.464. The van der Waals surface area contributed by atoms with Crippen molar-refractivity contribution in [2.45, 2.75) is 32.1 Å². The van der Waals surface area contributed by atoms with E-state index >= 15 is 0 Å². The van der Waals surface area contributed by atoms with Gasteiger partial charge in [0, 0.05) is 11.5 Å². The van der Waals surface area contributed by atoms with Crippen molar-refractivity contribution in [1.29, 1.82) is 0 Å². The molecule has 3 rings (SSSR count). The molecule has 128 valence electrons. The molecule has 1 fully saturated rings. The van der Waals surface area contributed by atoms with Gasteiger partial charge >= 0.3 is 0 Å². The molecular formula is C16H18BrN3O3S. The molecule has 0 radical (unpaired) electrons. The second-order valence-electron chi connectivity index (χ2n) is 5.51. The van der Waals surface area contributed by atoms with E-state index in [9.17, 15) is 4.79 Å². The molecule has 0 bridgehead atoms. The van der Waals surface area contributed by atoms with Gasteiger partial charge in [-0.3, -0.25) is 10.1 Å². The fourth-order valence-electron chi connectivity index (χ4n) is 2.14. The van der Waals surface area contributed by atoms with E-state index in [1.54, 1.807) is 19.2 Å². The van der Waals surface area contributed by atoms with Crippen LogP contribution in [-0.4, -0.2) is 29.8 Å². The first kappa shape index (κ1) is 17.2. The summed E-state index contributed by atoms with van der Waals surface area (Å²) in [4.78, 5) is 12.5. The fourth-order valence-corrected chi connectivity index (χ4v) is 3.61. The third kappa shape index (κ3) is 3.87. The van der Waals surface area contributed by atoms with E-state index in [2.05, 4.69) is 31.4 Å². The lowest BCUT2D eigenvalue weighted by molar-refractivity contribution is 0.102. The molecule has 0 aliphatic heterocycles. The molecule has 1 aliphatic rings. The molecule has 6 nitrogen and oxygen atoms in total. The normalized spacial score (nSPS) is 13.6. The Morgan fingerprint density at radius 2 is 2.21 bits per heavy atom. The maximum atomic E-state index is 12.5. The number of ether oxygens (including phenoxy) is 2. The SMILES string of the molecule is CCCOc1c(Br)cc(C(=O)Nc2nnc(C3CC3)s2)cc1OC. The maximum absolute atomic E-state index is 12.5. The van der Waals surface area contributed by atoms with Gasteiger partial charge in [0.05, 0.1) is 18.2 Å². The number of anilines is 1. The van der Waals surface area contributed by atoms with Crippen molar-refractivity contribution in [3.63, 3.8) is 0 Å². The average molecular weight is 412 g/mol. The van der Waals surface area contributed by atoms with Crippen LogP contribution < -0.4 is 14.8 Å². The highest BCUT2D eigenvalue weighted by Gasteiger charge is 2.28. The Kier molecular flexibility index (Phi) is 5.35. The molecule has 24 heavy (non-hydrogen) atoms. The van der Waals surface area contributed by atoms with Crippen molar-refractivity contribution in [1.82, 2.24) is 10.2 Å². The molecule has 0 unspecified atom stereocenters. The smallest absolute Gasteiger partial charge is 0.257 e. The number of rotatable bonds is 7. The molecule has 1 aromatic carbocycles. The van der Waals surface area contributed by atoms with Crippen LogP contribution in [0, 0.1) is 0 Å². The number of hydrogen-bond donors (Lipinski definition) is 1. The molecule has 8 heteroatoms. The lowest BCUT2D eigenvalue weighted by Gasteiger charge is -2.13. The van der Waals surface area contributed by atoms with Crippen LogP contribution in [0.3, 0.4) is 0 Å². The van der Waals surface area contributed by atoms with Gasteiger partial charge in [0.2, 0.25) is 5.13 Å². The van der Waals surface area contributed by atoms with Crippen LogP contribution in [0.1, 0.15) is 47.5 Å². The first-order valence-electron chi connectivity index (χ1n) is 7.77. The second kappa shape index (κ2) is 7.48. The minimum Gasteiger partial charge on any atom is -0.493 e. The van der Waals surface area contributed by atoms with Crippen molar-refractivity contribution in [2.75, 3.05) is 19.0 Å². The number of halogens is 1. The maximum Gasteiger partial charge on any atom is 0.257 e. The Bertz CT molecular complexity index is 746. The van der Waals surface area contributed by atoms with Gasteiger partial charge in [0.25, 0.3) is 5.91 Å². The molecule has 1 saturated carbocycles. The quantitative estimate of drug-likeness (QED) is 0.737. The Labute approximate surface area is 152 Å². The number of nitrogens with zero attached hydrogens (tertiary/aromatic N) is 2. The lowest BCUT2D eigenvalue weighted by atomic mass is 10.2. The lowest BCUT2D eigenvalue weighted by Crippen LogP contribution is -2.12. The zero-order valence-electron chi connectivity index (χ0n) is 13.5. The Balaban J connectivity index is 1.76. The summed E-state index contributed by atoms with van der Waals surface area (Å²) in [5.74, 6) is 1.38. The van der Waals surface area contributed by atoms with Gasteiger partial charge in [0.1, 0.15) is 5.01 Å². The minimum atomic E-state index is -0.255. The van der Waals surface area contributed by atoms with E-state index in [1.807, 2.05) is 6.92 Å². The number of amides is 1. The first-order chi connectivity index (χ1) is 11.6. The fraction of sp³-hybridized carbons (Fsp3) is 0.438. The molecule has 0 spiro atoms. The largest absolute Gasteiger partial charge is 0.493 e. The van der Waals surface area contributed by atoms with E-state index in [1.165, 1.54) is 11.3 Å². The summed E-state index contributed by atoms with van der Waals surface area (Å²) in [6.45, 7) is 2.61. The number of benzene rings is 1. The second-order valence-corrected chi connectivity index (χ2v) is 7.38. The molecule has 1 aromatic heterocycles. The standard InChI is InChI=1S/C16H18BrN3O3S/c1-3-6-23-13-11(17)7-10(8-12(13)22-2)14(21)18-16-20-19-15(24-16)9-4-5-9/h7-9H,3-6H2,1-2H3,(H,18,20,21). The summed E-state index contributed by atoms with van der Waals surface area (Å²) >= 11 is 4.88. The van der Waals surface area contributed by atoms with E-state index in [0.29, 0.717) is 39.2 Å². The number of carbonyl (C=O) groups is 1. The van der Waals surface area contributed by atoms with Gasteiger partial charge in [-0.2, -0.15) is 0 Å². The van der Waals surface area contributed by atoms with Gasteiger partial charge in [-0.25, -0.2) is 0 Å². The van der Waals surface area contributed by atoms with Crippen LogP contribution in [0.15, 0.2) is 16.6 Å². The number of nitrogens with one attached hydrogen (secondary N) is 1. The highest BCUT2D eigenvalue weighted by Crippen LogP contribution is 2.42. The molecule has 1 heterocycles. The topological polar surface area (TPSA) is 73.3 Å². The van der Waals surface area contributed by atoms with Gasteiger partial charge in [-0.15, -0.1) is 10.2 Å². The van der Waals surface area contributed by atoms with E-state index in [4.69, 9.17) is 9.47 Å². The third-order valence-electron chi connectivity index (χ3n) is 3.53. The van der Waals surface area contributed by atoms with Crippen LogP contribution in [0.2, 0.25) is 0 Å². The zero-order valence-corrected chi connectivity index (χ0v) is 15.9. The first-order valence-corrected chi connectivity index (χ1v) is 9.38. The predicted molar refractivity (Wildman–Crippen MR) is 96.3 cm³/mol. The van der Waals surface area contributed by atoms with Crippen molar-refractivity contribution < 1.29 is 14.3 Å². The van der Waals surface area contributed by atoms with Crippen LogP contribution >= 0.6 is 27.3 Å². The highest BCUT2D eigenvalue weighted by molar-refractivity contribution is 9.10. The van der Waals surface area contributed by atoms with Crippen molar-refractivity contribution in [3.05, 3.63) is 27.2 Å². The van der Waals surface area contributed by atoms with Gasteiger partial charge in [-0.1, -0.05) is 18.3 Å². The number of methoxy groups -OCH3 is 1. The summed E-state index contributed by atoms with van der Waals surface area (Å²) in [5, 5.41) is 12.5. The summed E-state index contributed by atoms with van der Waals surface area (Å²) < 4.78 is 11.7. The van der Waals surface area contributed by atoms with Gasteiger partial charge < -0.3 is 9.47 Å². The molecule has 2 aromatic rings. The highest BCUT2D eigenvalue weighted by atomic mass is 79.9. The Hall–Kier alpha value is -1.67. The van der Waals surface area contributed by atoms with Crippen molar-refractivity contribution in [3.8, 4) is 11.5 Å². The Morgan fingerprint density at radius 1 is 1.42 bits per heavy atom. The summed E-state index contributed by atoms with van der Waals surface area (Å²) in [7, 11) is 1.55. The Morgan fingerprint density at radius 3 is 2.88 bits per heavy atom. The monoisotopic (exact) mass is 411 g/mol. The van der Waals surface area contributed by atoms with Gasteiger partial charge in [-0.05, 0) is 47.3 Å². The van der Waals surface area contributed by atoms with E-state index in [-0.39, 0.29) is 5.91 Å². The third-order valence-corrected chi connectivity index (χ3v) is 5.12. The molecule has 1 N–H and O–H groups in total. The predicted octanol–water partition coefficient (Wildman–Crippen LogP) is 4.23. The molecule has 0 atom stereocenters. The van der Waals surface area contributed by atoms with E-state index in [0.717, 1.165) is 24.3 Å². The zero-order chi connectivity index (χ0) is 17.1. The summed E-state index contributed by atoms with van der Waals surface area (Å²) in [6, 6.07) is 3.37.